The van der Waals surface area contributed by atoms with Crippen LogP contribution in [0.2, 0.25) is 0 Å². The van der Waals surface area contributed by atoms with Gasteiger partial charge in [-0.2, -0.15) is 5.26 Å². The van der Waals surface area contributed by atoms with Crippen LogP contribution in [-0.2, 0) is 9.59 Å². The number of carbonyl (C=O) groups excluding carboxylic acids is 2. The lowest BCUT2D eigenvalue weighted by Crippen LogP contribution is -2.43. The van der Waals surface area contributed by atoms with E-state index < -0.39 is 5.91 Å². The standard InChI is InChI=1S/C26H34N2O4/c1-5-8-10-14-28-25(29)21(19(4)22(18-27)26(28)30)16-20-12-13-23(24(17-20)31-7-3)32-15-11-9-6-2/h12-13,16-17H,5-11,14-15H2,1-4H3/b21-16+. The van der Waals surface area contributed by atoms with Crippen molar-refractivity contribution < 1.29 is 19.1 Å². The summed E-state index contributed by atoms with van der Waals surface area (Å²) in [6, 6.07) is 7.51. The van der Waals surface area contributed by atoms with Gasteiger partial charge in [-0.3, -0.25) is 14.5 Å². The molecule has 0 aromatic heterocycles. The molecule has 1 aliphatic heterocycles. The van der Waals surface area contributed by atoms with Crippen LogP contribution in [0.3, 0.4) is 0 Å². The molecule has 1 aromatic rings. The van der Waals surface area contributed by atoms with Gasteiger partial charge in [-0.25, -0.2) is 0 Å². The zero-order chi connectivity index (χ0) is 23.5. The van der Waals surface area contributed by atoms with Gasteiger partial charge in [-0.05, 0) is 56.0 Å². The second-order valence-corrected chi connectivity index (χ2v) is 7.83. The zero-order valence-electron chi connectivity index (χ0n) is 19.7. The fraction of sp³-hybridized carbons (Fsp3) is 0.500. The van der Waals surface area contributed by atoms with Crippen molar-refractivity contribution in [1.29, 1.82) is 5.26 Å². The average molecular weight is 439 g/mol. The van der Waals surface area contributed by atoms with Gasteiger partial charge in [0, 0.05) is 12.1 Å². The number of carbonyl (C=O) groups is 2. The first kappa shape index (κ1) is 25.2. The molecule has 32 heavy (non-hydrogen) atoms. The summed E-state index contributed by atoms with van der Waals surface area (Å²) in [6.45, 7) is 9.18. The minimum Gasteiger partial charge on any atom is -0.490 e. The zero-order valence-corrected chi connectivity index (χ0v) is 19.7. The predicted molar refractivity (Wildman–Crippen MR) is 125 cm³/mol. The number of ether oxygens (including phenoxy) is 2. The Hall–Kier alpha value is -3.07. The third kappa shape index (κ3) is 6.23. The fourth-order valence-corrected chi connectivity index (χ4v) is 3.56. The molecule has 0 aliphatic carbocycles. The van der Waals surface area contributed by atoms with E-state index >= 15 is 0 Å². The van der Waals surface area contributed by atoms with Gasteiger partial charge in [0.05, 0.1) is 13.2 Å². The summed E-state index contributed by atoms with van der Waals surface area (Å²) in [6.07, 6.45) is 7.54. The third-order valence-corrected chi connectivity index (χ3v) is 5.39. The normalized spacial score (nSPS) is 15.3. The van der Waals surface area contributed by atoms with E-state index in [4.69, 9.17) is 9.47 Å². The summed E-state index contributed by atoms with van der Waals surface area (Å²) >= 11 is 0. The third-order valence-electron chi connectivity index (χ3n) is 5.39. The molecule has 6 heteroatoms. The number of unbranched alkanes of at least 4 members (excludes halogenated alkanes) is 4. The summed E-state index contributed by atoms with van der Waals surface area (Å²) in [5, 5.41) is 9.53. The molecule has 0 saturated heterocycles. The number of amides is 2. The van der Waals surface area contributed by atoms with E-state index in [0.29, 0.717) is 42.4 Å². The molecule has 1 aromatic carbocycles. The van der Waals surface area contributed by atoms with Crippen LogP contribution in [-0.4, -0.2) is 36.5 Å². The molecule has 0 atom stereocenters. The van der Waals surface area contributed by atoms with Crippen LogP contribution in [0.1, 0.15) is 71.8 Å². The maximum absolute atomic E-state index is 13.1. The molecule has 0 bridgehead atoms. The largest absolute Gasteiger partial charge is 0.490 e. The van der Waals surface area contributed by atoms with E-state index in [9.17, 15) is 14.9 Å². The van der Waals surface area contributed by atoms with Crippen molar-refractivity contribution in [2.75, 3.05) is 19.8 Å². The van der Waals surface area contributed by atoms with Crippen LogP contribution < -0.4 is 9.47 Å². The van der Waals surface area contributed by atoms with Gasteiger partial charge in [0.2, 0.25) is 0 Å². The minimum absolute atomic E-state index is 0.0215. The highest BCUT2D eigenvalue weighted by molar-refractivity contribution is 6.19. The highest BCUT2D eigenvalue weighted by Gasteiger charge is 2.35. The van der Waals surface area contributed by atoms with E-state index in [1.807, 2.05) is 31.2 Å². The number of nitrogens with zero attached hydrogens (tertiary/aromatic N) is 2. The van der Waals surface area contributed by atoms with Crippen molar-refractivity contribution in [3.05, 3.63) is 40.5 Å². The molecule has 0 spiro atoms. The molecule has 2 amide bonds. The van der Waals surface area contributed by atoms with Gasteiger partial charge in [-0.15, -0.1) is 0 Å². The Kier molecular flexibility index (Phi) is 10.0. The summed E-state index contributed by atoms with van der Waals surface area (Å²) in [5.41, 5.74) is 1.54. The van der Waals surface area contributed by atoms with E-state index in [1.165, 1.54) is 4.90 Å². The molecule has 0 fully saturated rings. The molecule has 172 valence electrons. The lowest BCUT2D eigenvalue weighted by molar-refractivity contribution is -0.140. The first-order chi connectivity index (χ1) is 15.5. The first-order valence-electron chi connectivity index (χ1n) is 11.6. The van der Waals surface area contributed by atoms with E-state index in [1.54, 1.807) is 13.0 Å². The van der Waals surface area contributed by atoms with Crippen LogP contribution in [0, 0.1) is 11.3 Å². The Morgan fingerprint density at radius 2 is 1.69 bits per heavy atom. The molecule has 1 heterocycles. The molecule has 6 nitrogen and oxygen atoms in total. The van der Waals surface area contributed by atoms with Crippen molar-refractivity contribution in [2.45, 2.75) is 66.2 Å². The van der Waals surface area contributed by atoms with Crippen molar-refractivity contribution >= 4 is 17.9 Å². The Morgan fingerprint density at radius 1 is 0.969 bits per heavy atom. The summed E-state index contributed by atoms with van der Waals surface area (Å²) < 4.78 is 11.6. The van der Waals surface area contributed by atoms with Gasteiger partial charge >= 0.3 is 0 Å². The Balaban J connectivity index is 2.37. The highest BCUT2D eigenvalue weighted by atomic mass is 16.5. The van der Waals surface area contributed by atoms with Crippen LogP contribution in [0.5, 0.6) is 11.5 Å². The molecule has 0 radical (unpaired) electrons. The predicted octanol–water partition coefficient (Wildman–Crippen LogP) is 5.44. The number of nitriles is 1. The number of rotatable bonds is 12. The topological polar surface area (TPSA) is 79.6 Å². The maximum Gasteiger partial charge on any atom is 0.271 e. The van der Waals surface area contributed by atoms with Gasteiger partial charge in [-0.1, -0.05) is 45.6 Å². The molecule has 0 N–H and O–H groups in total. The maximum atomic E-state index is 13.1. The SMILES string of the molecule is CCCCCOc1ccc(/C=C2/C(=O)N(CCCCC)C(=O)C(C#N)=C2C)cc1OCC. The lowest BCUT2D eigenvalue weighted by Gasteiger charge is -2.27. The van der Waals surface area contributed by atoms with E-state index in [2.05, 4.69) is 13.8 Å². The summed E-state index contributed by atoms with van der Waals surface area (Å²) in [5.74, 6) is 0.413. The van der Waals surface area contributed by atoms with Crippen molar-refractivity contribution in [1.82, 2.24) is 4.90 Å². The highest BCUT2D eigenvalue weighted by Crippen LogP contribution is 2.32. The molecule has 1 aliphatic rings. The molecule has 2 rings (SSSR count). The van der Waals surface area contributed by atoms with Crippen LogP contribution >= 0.6 is 0 Å². The first-order valence-corrected chi connectivity index (χ1v) is 11.6. The van der Waals surface area contributed by atoms with Crippen molar-refractivity contribution in [2.24, 2.45) is 0 Å². The van der Waals surface area contributed by atoms with Gasteiger partial charge in [0.1, 0.15) is 11.6 Å². The fourth-order valence-electron chi connectivity index (χ4n) is 3.56. The minimum atomic E-state index is -0.505. The van der Waals surface area contributed by atoms with Crippen LogP contribution in [0.4, 0.5) is 0 Å². The Bertz CT molecular complexity index is 924. The average Bonchev–Trinajstić information content (AvgIpc) is 2.78. The van der Waals surface area contributed by atoms with Crippen molar-refractivity contribution in [3.8, 4) is 17.6 Å². The van der Waals surface area contributed by atoms with E-state index in [0.717, 1.165) is 44.1 Å². The second-order valence-electron chi connectivity index (χ2n) is 7.83. The Labute approximate surface area is 191 Å². The number of benzene rings is 1. The smallest absolute Gasteiger partial charge is 0.271 e. The molecule has 0 saturated carbocycles. The van der Waals surface area contributed by atoms with Crippen LogP contribution in [0.15, 0.2) is 34.9 Å². The number of hydrogen-bond acceptors (Lipinski definition) is 5. The molecule has 0 unspecified atom stereocenters. The Morgan fingerprint density at radius 3 is 2.34 bits per heavy atom. The van der Waals surface area contributed by atoms with E-state index in [-0.39, 0.29) is 11.5 Å². The monoisotopic (exact) mass is 438 g/mol. The van der Waals surface area contributed by atoms with Crippen LogP contribution in [0.25, 0.3) is 6.08 Å². The van der Waals surface area contributed by atoms with Gasteiger partial charge < -0.3 is 9.47 Å². The van der Waals surface area contributed by atoms with Gasteiger partial charge in [0.25, 0.3) is 11.8 Å². The number of imide groups is 1. The molecular formula is C26H34N2O4. The summed E-state index contributed by atoms with van der Waals surface area (Å²) in [4.78, 5) is 27.0. The lowest BCUT2D eigenvalue weighted by atomic mass is 9.93. The van der Waals surface area contributed by atoms with Crippen molar-refractivity contribution in [3.63, 3.8) is 0 Å². The quantitative estimate of drug-likeness (QED) is 0.247. The molecular weight excluding hydrogens is 404 g/mol. The van der Waals surface area contributed by atoms with Gasteiger partial charge in [0.15, 0.2) is 11.5 Å². The number of hydrogen-bond donors (Lipinski definition) is 0. The summed E-state index contributed by atoms with van der Waals surface area (Å²) in [7, 11) is 0. The second kappa shape index (κ2) is 12.7.